The highest BCUT2D eigenvalue weighted by Crippen LogP contribution is 2.38. The Morgan fingerprint density at radius 2 is 2.11 bits per heavy atom. The Morgan fingerprint density at radius 3 is 2.68 bits per heavy atom. The molecule has 0 aliphatic rings. The van der Waals surface area contributed by atoms with Crippen molar-refractivity contribution in [2.45, 2.75) is 12.7 Å². The van der Waals surface area contributed by atoms with Gasteiger partial charge >= 0.3 is 6.18 Å². The predicted octanol–water partition coefficient (Wildman–Crippen LogP) is 3.10. The number of hydrogen-bond acceptors (Lipinski definition) is 3. The van der Waals surface area contributed by atoms with Crippen LogP contribution < -0.4 is 5.32 Å². The molecule has 0 aliphatic heterocycles. The number of anilines is 1. The smallest absolute Gasteiger partial charge is 0.376 e. The van der Waals surface area contributed by atoms with E-state index in [2.05, 4.69) is 15.4 Å². The second-order valence-corrected chi connectivity index (χ2v) is 4.22. The van der Waals surface area contributed by atoms with Crippen LogP contribution >= 0.6 is 11.6 Å². The fraction of sp³-hybridized carbons (Fsp3) is 0.273. The monoisotopic (exact) mass is 290 g/mol. The molecule has 2 aromatic rings. The van der Waals surface area contributed by atoms with E-state index in [1.807, 2.05) is 0 Å². The van der Waals surface area contributed by atoms with Crippen LogP contribution in [0.5, 0.6) is 0 Å². The zero-order chi connectivity index (χ0) is 14.0. The summed E-state index contributed by atoms with van der Waals surface area (Å²) in [5.74, 6) is 0.507. The van der Waals surface area contributed by atoms with Crippen LogP contribution in [0.4, 0.5) is 18.9 Å². The second-order valence-electron chi connectivity index (χ2n) is 3.81. The quantitative estimate of drug-likeness (QED) is 0.944. The minimum Gasteiger partial charge on any atom is -0.376 e. The molecule has 4 nitrogen and oxygen atoms in total. The molecular weight excluding hydrogens is 281 g/mol. The van der Waals surface area contributed by atoms with Crippen molar-refractivity contribution in [1.82, 2.24) is 14.8 Å². The third-order valence-corrected chi connectivity index (χ3v) is 2.86. The summed E-state index contributed by atoms with van der Waals surface area (Å²) in [4.78, 5) is 3.92. The standard InChI is InChI=1S/C11H10ClF3N4/c1-19-9(17-6-18-19)5-16-10-7(11(13,14)15)3-2-4-8(10)12/h2-4,6,16H,5H2,1H3. The van der Waals surface area contributed by atoms with Crippen molar-refractivity contribution in [3.05, 3.63) is 40.9 Å². The predicted molar refractivity (Wildman–Crippen MR) is 64.8 cm³/mol. The lowest BCUT2D eigenvalue weighted by molar-refractivity contribution is -0.136. The number of aromatic nitrogens is 3. The number of nitrogens with one attached hydrogen (secondary N) is 1. The molecule has 102 valence electrons. The molecule has 0 saturated carbocycles. The number of halogens is 4. The number of alkyl halides is 3. The number of para-hydroxylation sites is 1. The van der Waals surface area contributed by atoms with E-state index in [1.165, 1.54) is 23.1 Å². The van der Waals surface area contributed by atoms with Crippen molar-refractivity contribution in [1.29, 1.82) is 0 Å². The highest BCUT2D eigenvalue weighted by Gasteiger charge is 2.34. The van der Waals surface area contributed by atoms with E-state index in [0.29, 0.717) is 5.82 Å². The molecular formula is C11H10ClF3N4. The second kappa shape index (κ2) is 5.08. The molecule has 8 heteroatoms. The van der Waals surface area contributed by atoms with Crippen LogP contribution in [0, 0.1) is 0 Å². The van der Waals surface area contributed by atoms with Gasteiger partial charge in [-0.1, -0.05) is 17.7 Å². The molecule has 2 rings (SSSR count). The first-order valence-electron chi connectivity index (χ1n) is 5.32. The molecule has 0 saturated heterocycles. The SMILES string of the molecule is Cn1ncnc1CNc1c(Cl)cccc1C(F)(F)F. The van der Waals surface area contributed by atoms with E-state index in [4.69, 9.17) is 11.6 Å². The maximum Gasteiger partial charge on any atom is 0.418 e. The molecule has 0 fully saturated rings. The Bertz CT molecular complexity index is 580. The molecule has 19 heavy (non-hydrogen) atoms. The molecule has 1 heterocycles. The van der Waals surface area contributed by atoms with Crippen molar-refractivity contribution < 1.29 is 13.2 Å². The van der Waals surface area contributed by atoms with Crippen LogP contribution in [-0.2, 0) is 19.8 Å². The minimum absolute atomic E-state index is 0.0111. The molecule has 0 unspecified atom stereocenters. The molecule has 0 atom stereocenters. The highest BCUT2D eigenvalue weighted by molar-refractivity contribution is 6.33. The zero-order valence-electron chi connectivity index (χ0n) is 9.87. The first kappa shape index (κ1) is 13.7. The summed E-state index contributed by atoms with van der Waals surface area (Å²) >= 11 is 5.81. The van der Waals surface area contributed by atoms with E-state index in [1.54, 1.807) is 7.05 Å². The van der Waals surface area contributed by atoms with Crippen LogP contribution in [-0.4, -0.2) is 14.8 Å². The van der Waals surface area contributed by atoms with Gasteiger partial charge in [0.2, 0.25) is 0 Å². The van der Waals surface area contributed by atoms with Gasteiger partial charge in [0.15, 0.2) is 0 Å². The van der Waals surface area contributed by atoms with Crippen molar-refractivity contribution in [3.63, 3.8) is 0 Å². The number of aryl methyl sites for hydroxylation is 1. The van der Waals surface area contributed by atoms with E-state index in [9.17, 15) is 13.2 Å². The van der Waals surface area contributed by atoms with Gasteiger partial charge in [-0.05, 0) is 12.1 Å². The molecule has 0 amide bonds. The Labute approximate surface area is 112 Å². The zero-order valence-corrected chi connectivity index (χ0v) is 10.6. The van der Waals surface area contributed by atoms with Gasteiger partial charge in [0.25, 0.3) is 0 Å². The highest BCUT2D eigenvalue weighted by atomic mass is 35.5. The maximum absolute atomic E-state index is 12.8. The lowest BCUT2D eigenvalue weighted by Gasteiger charge is -2.15. The van der Waals surface area contributed by atoms with Gasteiger partial charge in [-0.2, -0.15) is 18.3 Å². The average molecular weight is 291 g/mol. The van der Waals surface area contributed by atoms with Gasteiger partial charge < -0.3 is 5.32 Å². The average Bonchev–Trinajstić information content (AvgIpc) is 2.72. The molecule has 0 bridgehead atoms. The number of benzene rings is 1. The molecule has 1 N–H and O–H groups in total. The third kappa shape index (κ3) is 2.98. The number of hydrogen-bond donors (Lipinski definition) is 1. The molecule has 1 aromatic carbocycles. The summed E-state index contributed by atoms with van der Waals surface area (Å²) in [5, 5.41) is 6.50. The molecule has 0 radical (unpaired) electrons. The van der Waals surface area contributed by atoms with Crippen LogP contribution in [0.1, 0.15) is 11.4 Å². The fourth-order valence-electron chi connectivity index (χ4n) is 1.59. The van der Waals surface area contributed by atoms with Crippen LogP contribution in [0.2, 0.25) is 5.02 Å². The van der Waals surface area contributed by atoms with Gasteiger partial charge in [0.1, 0.15) is 12.2 Å². The van der Waals surface area contributed by atoms with Gasteiger partial charge in [0, 0.05) is 7.05 Å². The first-order valence-corrected chi connectivity index (χ1v) is 5.70. The van der Waals surface area contributed by atoms with E-state index in [0.717, 1.165) is 6.07 Å². The van der Waals surface area contributed by atoms with Crippen LogP contribution in [0.25, 0.3) is 0 Å². The normalized spacial score (nSPS) is 11.6. The summed E-state index contributed by atoms with van der Waals surface area (Å²) in [6.45, 7) is 0.101. The topological polar surface area (TPSA) is 42.7 Å². The van der Waals surface area contributed by atoms with Gasteiger partial charge in [-0.25, -0.2) is 4.98 Å². The first-order chi connectivity index (χ1) is 8.89. The summed E-state index contributed by atoms with van der Waals surface area (Å²) in [5.41, 5.74) is -0.957. The summed E-state index contributed by atoms with van der Waals surface area (Å²) in [7, 11) is 1.65. The minimum atomic E-state index is -4.47. The molecule has 1 aromatic heterocycles. The summed E-state index contributed by atoms with van der Waals surface area (Å²) in [6.07, 6.45) is -3.14. The van der Waals surface area contributed by atoms with Crippen LogP contribution in [0.15, 0.2) is 24.5 Å². The Balaban J connectivity index is 2.27. The molecule has 0 aliphatic carbocycles. The van der Waals surface area contributed by atoms with Gasteiger partial charge in [-0.3, -0.25) is 4.68 Å². The number of nitrogens with zero attached hydrogens (tertiary/aromatic N) is 3. The maximum atomic E-state index is 12.8. The third-order valence-electron chi connectivity index (χ3n) is 2.55. The largest absolute Gasteiger partial charge is 0.418 e. The molecule has 0 spiro atoms. The van der Waals surface area contributed by atoms with E-state index < -0.39 is 11.7 Å². The van der Waals surface area contributed by atoms with Crippen molar-refractivity contribution in [2.24, 2.45) is 7.05 Å². The van der Waals surface area contributed by atoms with Gasteiger partial charge in [-0.15, -0.1) is 0 Å². The number of rotatable bonds is 3. The Morgan fingerprint density at radius 1 is 1.37 bits per heavy atom. The lowest BCUT2D eigenvalue weighted by atomic mass is 10.1. The summed E-state index contributed by atoms with van der Waals surface area (Å²) in [6, 6.07) is 3.64. The Kier molecular flexibility index (Phi) is 3.66. The van der Waals surface area contributed by atoms with Crippen molar-refractivity contribution in [3.8, 4) is 0 Å². The lowest BCUT2D eigenvalue weighted by Crippen LogP contribution is -2.13. The fourth-order valence-corrected chi connectivity index (χ4v) is 1.83. The summed E-state index contributed by atoms with van der Waals surface area (Å²) < 4.78 is 40.0. The van der Waals surface area contributed by atoms with Crippen molar-refractivity contribution >= 4 is 17.3 Å². The van der Waals surface area contributed by atoms with Gasteiger partial charge in [0.05, 0.1) is 22.8 Å². The van der Waals surface area contributed by atoms with E-state index in [-0.39, 0.29) is 17.3 Å². The van der Waals surface area contributed by atoms with Crippen molar-refractivity contribution in [2.75, 3.05) is 5.32 Å². The Hall–Kier alpha value is -1.76. The van der Waals surface area contributed by atoms with Crippen LogP contribution in [0.3, 0.4) is 0 Å². The van der Waals surface area contributed by atoms with E-state index >= 15 is 0 Å².